The number of hydrogen-bond acceptors (Lipinski definition) is 5. The summed E-state index contributed by atoms with van der Waals surface area (Å²) < 4.78 is 1.54. The maximum atomic E-state index is 11.2. The van der Waals surface area contributed by atoms with E-state index in [1.807, 2.05) is 20.8 Å². The molecule has 8 nitrogen and oxygen atoms in total. The van der Waals surface area contributed by atoms with Crippen LogP contribution in [0.5, 0.6) is 0 Å². The molecule has 0 amide bonds. The van der Waals surface area contributed by atoms with Gasteiger partial charge in [-0.25, -0.2) is 4.68 Å². The number of carboxylic acid groups (broad SMARTS) is 1. The van der Waals surface area contributed by atoms with Gasteiger partial charge in [-0.2, -0.15) is 5.10 Å². The van der Waals surface area contributed by atoms with E-state index in [2.05, 4.69) is 10.4 Å². The smallest absolute Gasteiger partial charge is 0.333 e. The Bertz CT molecular complexity index is 524. The van der Waals surface area contributed by atoms with Gasteiger partial charge < -0.3 is 10.4 Å². The number of nitro groups is 1. The lowest BCUT2D eigenvalue weighted by Gasteiger charge is -2.19. The minimum atomic E-state index is -0.934. The van der Waals surface area contributed by atoms with E-state index in [1.165, 1.54) is 4.68 Å². The van der Waals surface area contributed by atoms with Crippen LogP contribution in [0, 0.1) is 17.0 Å². The lowest BCUT2D eigenvalue weighted by atomic mass is 10.1. The maximum absolute atomic E-state index is 11.2. The topological polar surface area (TPSA) is 110 Å². The van der Waals surface area contributed by atoms with Crippen LogP contribution in [0.15, 0.2) is 0 Å². The fourth-order valence-corrected chi connectivity index (χ4v) is 2.24. The molecule has 0 saturated carbocycles. The molecule has 1 unspecified atom stereocenters. The molecule has 118 valence electrons. The molecule has 0 bridgehead atoms. The van der Waals surface area contributed by atoms with Gasteiger partial charge in [0.15, 0.2) is 0 Å². The highest BCUT2D eigenvalue weighted by atomic mass is 16.6. The highest BCUT2D eigenvalue weighted by molar-refractivity contribution is 5.69. The monoisotopic (exact) mass is 298 g/mol. The number of nitrogens with one attached hydrogen (secondary N) is 1. The van der Waals surface area contributed by atoms with Crippen molar-refractivity contribution in [1.29, 1.82) is 0 Å². The molecule has 1 aromatic heterocycles. The molecule has 0 aliphatic heterocycles. The van der Waals surface area contributed by atoms with Gasteiger partial charge >= 0.3 is 11.7 Å². The van der Waals surface area contributed by atoms with Gasteiger partial charge in [0.25, 0.3) is 0 Å². The molecule has 0 spiro atoms. The molecular weight excluding hydrogens is 276 g/mol. The van der Waals surface area contributed by atoms with Gasteiger partial charge in [-0.05, 0) is 27.2 Å². The summed E-state index contributed by atoms with van der Waals surface area (Å²) in [4.78, 5) is 21.7. The van der Waals surface area contributed by atoms with Crippen molar-refractivity contribution in [3.05, 3.63) is 15.8 Å². The number of aromatic nitrogens is 2. The summed E-state index contributed by atoms with van der Waals surface area (Å²) in [5.41, 5.74) is 0.233. The third kappa shape index (κ3) is 4.17. The van der Waals surface area contributed by atoms with Crippen LogP contribution in [0.2, 0.25) is 0 Å². The Morgan fingerprint density at radius 2 is 2.14 bits per heavy atom. The van der Waals surface area contributed by atoms with Crippen molar-refractivity contribution in [2.75, 3.05) is 5.32 Å². The first-order valence-corrected chi connectivity index (χ1v) is 6.99. The van der Waals surface area contributed by atoms with E-state index < -0.39 is 10.9 Å². The van der Waals surface area contributed by atoms with Gasteiger partial charge in [0.05, 0.1) is 11.3 Å². The van der Waals surface area contributed by atoms with Crippen LogP contribution in [0.25, 0.3) is 0 Å². The van der Waals surface area contributed by atoms with Crippen LogP contribution in [-0.2, 0) is 4.79 Å². The van der Waals surface area contributed by atoms with Crippen LogP contribution in [0.3, 0.4) is 0 Å². The van der Waals surface area contributed by atoms with Crippen molar-refractivity contribution in [2.24, 2.45) is 0 Å². The van der Waals surface area contributed by atoms with E-state index in [9.17, 15) is 14.9 Å². The number of anilines is 1. The van der Waals surface area contributed by atoms with Gasteiger partial charge in [-0.15, -0.1) is 0 Å². The molecule has 0 aliphatic carbocycles. The van der Waals surface area contributed by atoms with Crippen molar-refractivity contribution in [2.45, 2.75) is 59.0 Å². The number of nitrogens with zero attached hydrogens (tertiary/aromatic N) is 3. The first-order valence-electron chi connectivity index (χ1n) is 6.99. The van der Waals surface area contributed by atoms with Crippen molar-refractivity contribution in [3.63, 3.8) is 0 Å². The summed E-state index contributed by atoms with van der Waals surface area (Å²) >= 11 is 0. The van der Waals surface area contributed by atoms with E-state index in [4.69, 9.17) is 5.11 Å². The average molecular weight is 298 g/mol. The fraction of sp³-hybridized carbons (Fsp3) is 0.692. The highest BCUT2D eigenvalue weighted by Gasteiger charge is 2.28. The molecule has 0 saturated heterocycles. The summed E-state index contributed by atoms with van der Waals surface area (Å²) in [5.74, 6) is -0.650. The van der Waals surface area contributed by atoms with Crippen molar-refractivity contribution in [1.82, 2.24) is 9.78 Å². The molecule has 21 heavy (non-hydrogen) atoms. The fourth-order valence-electron chi connectivity index (χ4n) is 2.24. The average Bonchev–Trinajstić information content (AvgIpc) is 2.65. The number of aliphatic carboxylic acids is 1. The molecule has 0 fully saturated rings. The molecular formula is C13H22N4O4. The molecule has 1 aromatic rings. The molecule has 0 aliphatic rings. The minimum absolute atomic E-state index is 0.0630. The lowest BCUT2D eigenvalue weighted by molar-refractivity contribution is -0.384. The highest BCUT2D eigenvalue weighted by Crippen LogP contribution is 2.31. The number of carbonyl (C=O) groups is 1. The molecule has 8 heteroatoms. The van der Waals surface area contributed by atoms with E-state index in [0.717, 1.165) is 6.42 Å². The first-order chi connectivity index (χ1) is 9.77. The van der Waals surface area contributed by atoms with Gasteiger partial charge in [-0.3, -0.25) is 14.9 Å². The predicted octanol–water partition coefficient (Wildman–Crippen LogP) is 2.74. The standard InChI is InChI=1S/C13H22N4O4/c1-5-6-10(7-11(18)19)14-13-12(17(20)21)9(4)15-16(13)8(2)3/h8,10,14H,5-7H2,1-4H3,(H,18,19). The third-order valence-corrected chi connectivity index (χ3v) is 3.12. The second-order valence-electron chi connectivity index (χ2n) is 5.31. The second-order valence-corrected chi connectivity index (χ2v) is 5.31. The van der Waals surface area contributed by atoms with Gasteiger partial charge in [-0.1, -0.05) is 13.3 Å². The van der Waals surface area contributed by atoms with Crippen LogP contribution >= 0.6 is 0 Å². The van der Waals surface area contributed by atoms with E-state index >= 15 is 0 Å². The molecule has 1 rings (SSSR count). The van der Waals surface area contributed by atoms with E-state index in [1.54, 1.807) is 6.92 Å². The number of aryl methyl sites for hydroxylation is 1. The quantitative estimate of drug-likeness (QED) is 0.564. The number of rotatable bonds is 8. The SMILES string of the molecule is CCCC(CC(=O)O)Nc1c([N+](=O)[O-])c(C)nn1C(C)C. The van der Waals surface area contributed by atoms with E-state index in [0.29, 0.717) is 12.1 Å². The summed E-state index contributed by atoms with van der Waals surface area (Å²) in [6.07, 6.45) is 1.31. The predicted molar refractivity (Wildman–Crippen MR) is 78.6 cm³/mol. The van der Waals surface area contributed by atoms with Gasteiger partial charge in [0.2, 0.25) is 5.82 Å². The van der Waals surface area contributed by atoms with Crippen LogP contribution in [0.1, 0.15) is 51.8 Å². The second kappa shape index (κ2) is 7.05. The van der Waals surface area contributed by atoms with Crippen LogP contribution < -0.4 is 5.32 Å². The normalized spacial score (nSPS) is 12.4. The van der Waals surface area contributed by atoms with Crippen molar-refractivity contribution >= 4 is 17.5 Å². The minimum Gasteiger partial charge on any atom is -0.481 e. The summed E-state index contributed by atoms with van der Waals surface area (Å²) in [6.45, 7) is 7.25. The van der Waals surface area contributed by atoms with Crippen LogP contribution in [0.4, 0.5) is 11.5 Å². The molecule has 1 heterocycles. The van der Waals surface area contributed by atoms with Crippen molar-refractivity contribution < 1.29 is 14.8 Å². The Kier molecular flexibility index (Phi) is 5.69. The molecule has 2 N–H and O–H groups in total. The largest absolute Gasteiger partial charge is 0.481 e. The molecule has 0 radical (unpaired) electrons. The zero-order chi connectivity index (χ0) is 16.2. The summed E-state index contributed by atoms with van der Waals surface area (Å²) in [6, 6.07) is -0.424. The number of hydrogen-bond donors (Lipinski definition) is 2. The third-order valence-electron chi connectivity index (χ3n) is 3.12. The Balaban J connectivity index is 3.19. The van der Waals surface area contributed by atoms with Crippen LogP contribution in [-0.4, -0.2) is 31.8 Å². The zero-order valence-corrected chi connectivity index (χ0v) is 12.8. The Labute approximate surface area is 123 Å². The zero-order valence-electron chi connectivity index (χ0n) is 12.8. The summed E-state index contributed by atoms with van der Waals surface area (Å²) in [5, 5.41) is 27.4. The summed E-state index contributed by atoms with van der Waals surface area (Å²) in [7, 11) is 0. The Morgan fingerprint density at radius 1 is 1.52 bits per heavy atom. The number of carboxylic acids is 1. The first kappa shape index (κ1) is 16.9. The Morgan fingerprint density at radius 3 is 2.57 bits per heavy atom. The molecule has 1 atom stereocenters. The lowest BCUT2D eigenvalue weighted by Crippen LogP contribution is -2.25. The van der Waals surface area contributed by atoms with Gasteiger partial charge in [0, 0.05) is 12.1 Å². The van der Waals surface area contributed by atoms with Crippen molar-refractivity contribution in [3.8, 4) is 0 Å². The molecule has 0 aromatic carbocycles. The maximum Gasteiger partial charge on any atom is 0.333 e. The van der Waals surface area contributed by atoms with Gasteiger partial charge in [0.1, 0.15) is 5.69 Å². The Hall–Kier alpha value is -2.12. The van der Waals surface area contributed by atoms with E-state index in [-0.39, 0.29) is 30.0 Å².